The molecule has 2 aromatic rings. The van der Waals surface area contributed by atoms with Crippen molar-refractivity contribution in [2.75, 3.05) is 0 Å². The van der Waals surface area contributed by atoms with E-state index >= 15 is 0 Å². The highest BCUT2D eigenvalue weighted by Crippen LogP contribution is 2.26. The smallest absolute Gasteiger partial charge is 0.222 e. The Balaban J connectivity index is 2.28. The molecule has 2 rings (SSSR count). The molecule has 0 aliphatic heterocycles. The summed E-state index contributed by atoms with van der Waals surface area (Å²) in [6, 6.07) is 9.29. The van der Waals surface area contributed by atoms with E-state index in [0.29, 0.717) is 18.2 Å². The third-order valence-electron chi connectivity index (χ3n) is 2.67. The van der Waals surface area contributed by atoms with Gasteiger partial charge in [0.2, 0.25) is 5.88 Å². The minimum absolute atomic E-state index is 0.0594. The Morgan fingerprint density at radius 3 is 2.78 bits per heavy atom. The highest BCUT2D eigenvalue weighted by atomic mass is 16.5. The molecule has 1 aromatic heterocycles. The number of aliphatic hydroxyl groups is 1. The van der Waals surface area contributed by atoms with Gasteiger partial charge in [-0.05, 0) is 24.6 Å². The van der Waals surface area contributed by atoms with Crippen molar-refractivity contribution >= 4 is 0 Å². The Labute approximate surface area is 106 Å². The predicted octanol–water partition coefficient (Wildman–Crippen LogP) is 2.13. The molecule has 0 bridgehead atoms. The van der Waals surface area contributed by atoms with Gasteiger partial charge in [-0.3, -0.25) is 0 Å². The highest BCUT2D eigenvalue weighted by Gasteiger charge is 2.07. The van der Waals surface area contributed by atoms with Crippen molar-refractivity contribution in [1.29, 1.82) is 0 Å². The molecule has 1 heterocycles. The van der Waals surface area contributed by atoms with Gasteiger partial charge < -0.3 is 15.6 Å². The number of benzene rings is 1. The van der Waals surface area contributed by atoms with Gasteiger partial charge in [-0.2, -0.15) is 0 Å². The number of aromatic nitrogens is 1. The second-order valence-electron chi connectivity index (χ2n) is 4.04. The van der Waals surface area contributed by atoms with Crippen LogP contribution in [0.3, 0.4) is 0 Å². The second kappa shape index (κ2) is 5.62. The molecule has 0 amide bonds. The summed E-state index contributed by atoms with van der Waals surface area (Å²) in [6.07, 6.45) is 1.70. The minimum Gasteiger partial charge on any atom is -0.438 e. The number of aliphatic hydroxyl groups excluding tert-OH is 1. The maximum Gasteiger partial charge on any atom is 0.222 e. The van der Waals surface area contributed by atoms with Crippen molar-refractivity contribution in [3.63, 3.8) is 0 Å². The van der Waals surface area contributed by atoms with Crippen LogP contribution in [0.4, 0.5) is 0 Å². The van der Waals surface area contributed by atoms with Crippen LogP contribution in [0.15, 0.2) is 36.5 Å². The first-order valence-corrected chi connectivity index (χ1v) is 5.77. The Morgan fingerprint density at radius 2 is 2.11 bits per heavy atom. The number of hydrogen-bond donors (Lipinski definition) is 2. The van der Waals surface area contributed by atoms with Gasteiger partial charge in [0.15, 0.2) is 0 Å². The SMILES string of the molecule is Cc1cc(CN)cnc1Oc1ccccc1CO. The summed E-state index contributed by atoms with van der Waals surface area (Å²) in [7, 11) is 0. The molecule has 4 heteroatoms. The number of nitrogens with zero attached hydrogens (tertiary/aromatic N) is 1. The average molecular weight is 244 g/mol. The summed E-state index contributed by atoms with van der Waals surface area (Å²) in [6.45, 7) is 2.32. The van der Waals surface area contributed by atoms with Gasteiger partial charge in [0.1, 0.15) is 5.75 Å². The predicted molar refractivity (Wildman–Crippen MR) is 69.3 cm³/mol. The molecule has 1 aromatic carbocycles. The molecular formula is C14H16N2O2. The van der Waals surface area contributed by atoms with Crippen LogP contribution in [0.5, 0.6) is 11.6 Å². The maximum atomic E-state index is 9.23. The maximum absolute atomic E-state index is 9.23. The van der Waals surface area contributed by atoms with Crippen molar-refractivity contribution in [1.82, 2.24) is 4.98 Å². The Morgan fingerprint density at radius 1 is 1.33 bits per heavy atom. The van der Waals surface area contributed by atoms with E-state index in [1.807, 2.05) is 37.3 Å². The van der Waals surface area contributed by atoms with E-state index in [4.69, 9.17) is 10.5 Å². The molecular weight excluding hydrogens is 228 g/mol. The zero-order valence-corrected chi connectivity index (χ0v) is 10.3. The lowest BCUT2D eigenvalue weighted by molar-refractivity contribution is 0.276. The van der Waals surface area contributed by atoms with Crippen LogP contribution < -0.4 is 10.5 Å². The van der Waals surface area contributed by atoms with E-state index in [9.17, 15) is 5.11 Å². The third-order valence-corrected chi connectivity index (χ3v) is 2.67. The van der Waals surface area contributed by atoms with Crippen LogP contribution in [-0.4, -0.2) is 10.1 Å². The molecule has 0 fully saturated rings. The van der Waals surface area contributed by atoms with Crippen molar-refractivity contribution in [3.8, 4) is 11.6 Å². The van der Waals surface area contributed by atoms with Crippen LogP contribution in [0.25, 0.3) is 0 Å². The normalized spacial score (nSPS) is 10.4. The van der Waals surface area contributed by atoms with Crippen LogP contribution in [0.2, 0.25) is 0 Å². The molecule has 18 heavy (non-hydrogen) atoms. The van der Waals surface area contributed by atoms with Gasteiger partial charge in [0, 0.05) is 23.9 Å². The van der Waals surface area contributed by atoms with Crippen LogP contribution in [0.1, 0.15) is 16.7 Å². The first-order valence-electron chi connectivity index (χ1n) is 5.77. The number of para-hydroxylation sites is 1. The van der Waals surface area contributed by atoms with E-state index in [1.165, 1.54) is 0 Å². The summed E-state index contributed by atoms with van der Waals surface area (Å²) in [4.78, 5) is 4.24. The Kier molecular flexibility index (Phi) is 3.92. The van der Waals surface area contributed by atoms with Crippen molar-refractivity contribution in [2.45, 2.75) is 20.1 Å². The standard InChI is InChI=1S/C14H16N2O2/c1-10-6-11(7-15)8-16-14(10)18-13-5-3-2-4-12(13)9-17/h2-6,8,17H,7,9,15H2,1H3. The van der Waals surface area contributed by atoms with Crippen molar-refractivity contribution < 1.29 is 9.84 Å². The summed E-state index contributed by atoms with van der Waals surface area (Å²) in [5, 5.41) is 9.23. The number of hydrogen-bond acceptors (Lipinski definition) is 4. The molecule has 0 aliphatic carbocycles. The number of pyridine rings is 1. The van der Waals surface area contributed by atoms with E-state index < -0.39 is 0 Å². The zero-order chi connectivity index (χ0) is 13.0. The zero-order valence-electron chi connectivity index (χ0n) is 10.3. The molecule has 0 unspecified atom stereocenters. The number of ether oxygens (including phenoxy) is 1. The van der Waals surface area contributed by atoms with E-state index in [-0.39, 0.29) is 6.61 Å². The quantitative estimate of drug-likeness (QED) is 0.864. The lowest BCUT2D eigenvalue weighted by Crippen LogP contribution is -2.00. The molecule has 0 saturated carbocycles. The topological polar surface area (TPSA) is 68.4 Å². The van der Waals surface area contributed by atoms with Gasteiger partial charge in [-0.25, -0.2) is 4.98 Å². The second-order valence-corrected chi connectivity index (χ2v) is 4.04. The lowest BCUT2D eigenvalue weighted by Gasteiger charge is -2.11. The fourth-order valence-electron chi connectivity index (χ4n) is 1.68. The molecule has 0 spiro atoms. The number of nitrogens with two attached hydrogens (primary N) is 1. The fraction of sp³-hybridized carbons (Fsp3) is 0.214. The molecule has 3 N–H and O–H groups in total. The van der Waals surface area contributed by atoms with Crippen molar-refractivity contribution in [2.24, 2.45) is 5.73 Å². The summed E-state index contributed by atoms with van der Waals surface area (Å²) in [5.74, 6) is 1.16. The van der Waals surface area contributed by atoms with E-state index in [1.54, 1.807) is 6.20 Å². The lowest BCUT2D eigenvalue weighted by atomic mass is 10.2. The first-order chi connectivity index (χ1) is 8.74. The Hall–Kier alpha value is -1.91. The Bertz CT molecular complexity index is 541. The molecule has 0 saturated heterocycles. The van der Waals surface area contributed by atoms with Gasteiger partial charge in [0.25, 0.3) is 0 Å². The van der Waals surface area contributed by atoms with E-state index in [0.717, 1.165) is 16.7 Å². The molecule has 0 aliphatic rings. The number of rotatable bonds is 4. The van der Waals surface area contributed by atoms with E-state index in [2.05, 4.69) is 4.98 Å². The summed E-state index contributed by atoms with van der Waals surface area (Å²) in [5.41, 5.74) is 8.18. The minimum atomic E-state index is -0.0594. The molecule has 0 atom stereocenters. The van der Waals surface area contributed by atoms with Crippen LogP contribution >= 0.6 is 0 Å². The van der Waals surface area contributed by atoms with Crippen molar-refractivity contribution in [3.05, 3.63) is 53.2 Å². The largest absolute Gasteiger partial charge is 0.438 e. The third kappa shape index (κ3) is 2.67. The highest BCUT2D eigenvalue weighted by molar-refractivity contribution is 5.38. The van der Waals surface area contributed by atoms with Gasteiger partial charge in [0.05, 0.1) is 6.61 Å². The summed E-state index contributed by atoms with van der Waals surface area (Å²) < 4.78 is 5.72. The monoisotopic (exact) mass is 244 g/mol. The molecule has 94 valence electrons. The number of aryl methyl sites for hydroxylation is 1. The first kappa shape index (κ1) is 12.5. The molecule has 4 nitrogen and oxygen atoms in total. The summed E-state index contributed by atoms with van der Waals surface area (Å²) >= 11 is 0. The van der Waals surface area contributed by atoms with Gasteiger partial charge in [-0.15, -0.1) is 0 Å². The van der Waals surface area contributed by atoms with Crippen LogP contribution in [-0.2, 0) is 13.2 Å². The van der Waals surface area contributed by atoms with Gasteiger partial charge in [-0.1, -0.05) is 18.2 Å². The fourth-order valence-corrected chi connectivity index (χ4v) is 1.68. The average Bonchev–Trinajstić information content (AvgIpc) is 2.41. The van der Waals surface area contributed by atoms with Gasteiger partial charge >= 0.3 is 0 Å². The van der Waals surface area contributed by atoms with Crippen LogP contribution in [0, 0.1) is 6.92 Å². The molecule has 0 radical (unpaired) electrons.